The molecule has 0 saturated heterocycles. The van der Waals surface area contributed by atoms with Gasteiger partial charge in [-0.05, 0) is 114 Å². The Morgan fingerprint density at radius 2 is 1.07 bits per heavy atom. The van der Waals surface area contributed by atoms with Crippen molar-refractivity contribution >= 4 is 27.1 Å². The van der Waals surface area contributed by atoms with Gasteiger partial charge in [-0.25, -0.2) is 0 Å². The number of hydrogen-bond acceptors (Lipinski definition) is 2. The fraction of sp³-hybridized carbons (Fsp3) is 0.0476. The van der Waals surface area contributed by atoms with Gasteiger partial charge < -0.3 is 0 Å². The van der Waals surface area contributed by atoms with Crippen molar-refractivity contribution in [3.8, 4) is 33.4 Å². The first-order chi connectivity index (χ1) is 21.8. The zero-order valence-corrected chi connectivity index (χ0v) is 24.3. The monoisotopic (exact) mass is 562 g/mol. The van der Waals surface area contributed by atoms with Crippen molar-refractivity contribution in [3.05, 3.63) is 175 Å². The number of allylic oxidation sites excluding steroid dienone is 4. The van der Waals surface area contributed by atoms with Gasteiger partial charge in [0.1, 0.15) is 0 Å². The quantitative estimate of drug-likeness (QED) is 0.195. The van der Waals surface area contributed by atoms with Crippen molar-refractivity contribution < 1.29 is 0 Å². The minimum Gasteiger partial charge on any atom is -0.265 e. The van der Waals surface area contributed by atoms with Crippen LogP contribution in [0, 0.1) is 0 Å². The average molecular weight is 563 g/mol. The second-order valence-corrected chi connectivity index (χ2v) is 11.4. The number of fused-ring (bicyclic) bond motifs is 2. The molecular formula is C42H30N2. The van der Waals surface area contributed by atoms with Gasteiger partial charge in [0.25, 0.3) is 0 Å². The molecule has 1 atom stereocenters. The largest absolute Gasteiger partial charge is 0.265 e. The third-order valence-electron chi connectivity index (χ3n) is 8.83. The minimum atomic E-state index is 0.306. The van der Waals surface area contributed by atoms with Crippen LogP contribution in [-0.4, -0.2) is 9.97 Å². The van der Waals surface area contributed by atoms with E-state index in [2.05, 4.69) is 150 Å². The van der Waals surface area contributed by atoms with E-state index in [1.165, 1.54) is 71.6 Å². The summed E-state index contributed by atoms with van der Waals surface area (Å²) in [6.07, 6.45) is 15.3. The predicted molar refractivity (Wildman–Crippen MR) is 184 cm³/mol. The second-order valence-electron chi connectivity index (χ2n) is 11.4. The van der Waals surface area contributed by atoms with Crippen LogP contribution in [0.15, 0.2) is 164 Å². The van der Waals surface area contributed by atoms with Crippen LogP contribution < -0.4 is 0 Å². The summed E-state index contributed by atoms with van der Waals surface area (Å²) in [6, 6.07) is 44.0. The summed E-state index contributed by atoms with van der Waals surface area (Å²) in [5.41, 5.74) is 11.3. The molecule has 1 aliphatic rings. The number of rotatable bonds is 5. The fourth-order valence-corrected chi connectivity index (χ4v) is 6.75. The predicted octanol–water partition coefficient (Wildman–Crippen LogP) is 10.9. The molecule has 1 aliphatic carbocycles. The Morgan fingerprint density at radius 3 is 1.86 bits per heavy atom. The molecule has 0 saturated carbocycles. The molecule has 0 bridgehead atoms. The maximum Gasteiger partial charge on any atom is 0.0273 e. The van der Waals surface area contributed by atoms with Crippen LogP contribution >= 0.6 is 0 Å². The normalized spacial score (nSPS) is 14.5. The number of nitrogens with zero attached hydrogens (tertiary/aromatic N) is 2. The van der Waals surface area contributed by atoms with E-state index in [1.807, 2.05) is 24.8 Å². The third-order valence-corrected chi connectivity index (χ3v) is 8.83. The van der Waals surface area contributed by atoms with Gasteiger partial charge in [0, 0.05) is 30.7 Å². The highest BCUT2D eigenvalue weighted by Crippen LogP contribution is 2.46. The summed E-state index contributed by atoms with van der Waals surface area (Å²) in [5.74, 6) is 0.306. The molecule has 5 aromatic carbocycles. The highest BCUT2D eigenvalue weighted by atomic mass is 14.6. The van der Waals surface area contributed by atoms with E-state index < -0.39 is 0 Å². The minimum absolute atomic E-state index is 0.306. The van der Waals surface area contributed by atoms with Crippen LogP contribution in [0.4, 0.5) is 0 Å². The molecule has 0 fully saturated rings. The number of pyridine rings is 2. The van der Waals surface area contributed by atoms with Gasteiger partial charge in [-0.2, -0.15) is 0 Å². The van der Waals surface area contributed by atoms with Crippen molar-refractivity contribution in [1.82, 2.24) is 9.97 Å². The van der Waals surface area contributed by atoms with Crippen LogP contribution in [0.1, 0.15) is 23.5 Å². The summed E-state index contributed by atoms with van der Waals surface area (Å²) < 4.78 is 0. The first kappa shape index (κ1) is 26.1. The van der Waals surface area contributed by atoms with Crippen molar-refractivity contribution in [3.63, 3.8) is 0 Å². The van der Waals surface area contributed by atoms with E-state index in [9.17, 15) is 0 Å². The van der Waals surface area contributed by atoms with E-state index in [4.69, 9.17) is 0 Å². The van der Waals surface area contributed by atoms with Crippen molar-refractivity contribution in [2.75, 3.05) is 0 Å². The van der Waals surface area contributed by atoms with Crippen molar-refractivity contribution in [1.29, 1.82) is 0 Å². The molecule has 2 heterocycles. The van der Waals surface area contributed by atoms with E-state index in [1.54, 1.807) is 0 Å². The first-order valence-electron chi connectivity index (χ1n) is 15.2. The highest BCUT2D eigenvalue weighted by Gasteiger charge is 2.22. The standard InChI is InChI=1S/C42H30N2/c1-2-8-29(9-3-1)34-16-17-39-40(28-34)42(36-13-7-11-33(27-36)31-20-24-44-25-21-31)38-15-5-4-14-37(38)41(39)35-12-6-10-32(26-35)30-18-22-43-23-19-30/h1-26,28,33H,27H2. The molecule has 0 aliphatic heterocycles. The molecule has 0 radical (unpaired) electrons. The lowest BCUT2D eigenvalue weighted by Crippen LogP contribution is -2.03. The molecule has 2 heteroatoms. The number of aromatic nitrogens is 2. The summed E-state index contributed by atoms with van der Waals surface area (Å²) in [4.78, 5) is 8.49. The van der Waals surface area contributed by atoms with Gasteiger partial charge in [0.2, 0.25) is 0 Å². The average Bonchev–Trinajstić information content (AvgIpc) is 3.11. The molecule has 0 spiro atoms. The van der Waals surface area contributed by atoms with Crippen molar-refractivity contribution in [2.24, 2.45) is 0 Å². The zero-order chi connectivity index (χ0) is 29.3. The Kier molecular flexibility index (Phi) is 6.66. The van der Waals surface area contributed by atoms with Gasteiger partial charge in [0.15, 0.2) is 0 Å². The van der Waals surface area contributed by atoms with Gasteiger partial charge in [-0.1, -0.05) is 103 Å². The Balaban J connectivity index is 1.40. The molecule has 8 rings (SSSR count). The topological polar surface area (TPSA) is 25.8 Å². The van der Waals surface area contributed by atoms with Crippen LogP contribution in [0.3, 0.4) is 0 Å². The summed E-state index contributed by atoms with van der Waals surface area (Å²) in [7, 11) is 0. The van der Waals surface area contributed by atoms with Crippen LogP contribution in [-0.2, 0) is 0 Å². The van der Waals surface area contributed by atoms with Crippen LogP contribution in [0.2, 0.25) is 0 Å². The Labute approximate surface area is 257 Å². The first-order valence-corrected chi connectivity index (χ1v) is 15.2. The van der Waals surface area contributed by atoms with Crippen LogP contribution in [0.25, 0.3) is 60.5 Å². The van der Waals surface area contributed by atoms with Gasteiger partial charge in [0.05, 0.1) is 0 Å². The maximum atomic E-state index is 4.26. The smallest absolute Gasteiger partial charge is 0.0273 e. The second kappa shape index (κ2) is 11.2. The molecule has 208 valence electrons. The molecule has 44 heavy (non-hydrogen) atoms. The zero-order valence-electron chi connectivity index (χ0n) is 24.3. The fourth-order valence-electron chi connectivity index (χ4n) is 6.75. The van der Waals surface area contributed by atoms with Gasteiger partial charge >= 0.3 is 0 Å². The number of hydrogen-bond donors (Lipinski definition) is 0. The van der Waals surface area contributed by atoms with Gasteiger partial charge in [-0.3, -0.25) is 9.97 Å². The van der Waals surface area contributed by atoms with E-state index in [0.717, 1.165) is 6.42 Å². The molecular weight excluding hydrogens is 532 g/mol. The molecule has 2 aromatic heterocycles. The number of benzene rings is 5. The lowest BCUT2D eigenvalue weighted by Gasteiger charge is -2.24. The van der Waals surface area contributed by atoms with Crippen molar-refractivity contribution in [2.45, 2.75) is 12.3 Å². The SMILES string of the molecule is C1=CC(c2ccncc2)CC(c2c3ccccc3c(-c3cccc(-c4ccncc4)c3)c3ccc(-c4ccccc4)cc23)=C1. The summed E-state index contributed by atoms with van der Waals surface area (Å²) in [5, 5.41) is 5.10. The summed E-state index contributed by atoms with van der Waals surface area (Å²) in [6.45, 7) is 0. The van der Waals surface area contributed by atoms with E-state index in [0.29, 0.717) is 5.92 Å². The van der Waals surface area contributed by atoms with Gasteiger partial charge in [-0.15, -0.1) is 0 Å². The van der Waals surface area contributed by atoms with E-state index in [-0.39, 0.29) is 0 Å². The van der Waals surface area contributed by atoms with E-state index >= 15 is 0 Å². The maximum absolute atomic E-state index is 4.26. The Hall–Kier alpha value is -5.60. The molecule has 0 N–H and O–H groups in total. The summed E-state index contributed by atoms with van der Waals surface area (Å²) >= 11 is 0. The molecule has 0 amide bonds. The molecule has 7 aromatic rings. The highest BCUT2D eigenvalue weighted by molar-refractivity contribution is 6.19. The van der Waals surface area contributed by atoms with Crippen LogP contribution in [0.5, 0.6) is 0 Å². The lowest BCUT2D eigenvalue weighted by molar-refractivity contribution is 0.865. The molecule has 2 nitrogen and oxygen atoms in total. The Morgan fingerprint density at radius 1 is 0.455 bits per heavy atom. The third kappa shape index (κ3) is 4.71. The molecule has 1 unspecified atom stereocenters. The lowest BCUT2D eigenvalue weighted by atomic mass is 9.80. The Bertz CT molecular complexity index is 2180.